The largest absolute Gasteiger partial charge is 0.492 e. The van der Waals surface area contributed by atoms with Gasteiger partial charge in [-0.1, -0.05) is 0 Å². The van der Waals surface area contributed by atoms with E-state index in [1.165, 1.54) is 37.7 Å². The minimum absolute atomic E-state index is 0. The normalized spacial score (nSPS) is 16.5. The Bertz CT molecular complexity index is 615. The molecule has 1 heterocycles. The average Bonchev–Trinajstić information content (AvgIpc) is 2.61. The summed E-state index contributed by atoms with van der Waals surface area (Å²) in [6.07, 6.45) is 3.79. The van der Waals surface area contributed by atoms with Gasteiger partial charge in [0, 0.05) is 20.6 Å². The third-order valence-electron chi connectivity index (χ3n) is 4.79. The molecule has 0 unspecified atom stereocenters. The molecule has 0 saturated carbocycles. The molecule has 1 aromatic rings. The predicted molar refractivity (Wildman–Crippen MR) is 108 cm³/mol. The summed E-state index contributed by atoms with van der Waals surface area (Å²) in [7, 11) is 1.69. The van der Waals surface area contributed by atoms with Crippen LogP contribution in [-0.4, -0.2) is 71.6 Å². The summed E-state index contributed by atoms with van der Waals surface area (Å²) in [5.74, 6) is 1.55. The van der Waals surface area contributed by atoms with Gasteiger partial charge in [0.25, 0.3) is 0 Å². The van der Waals surface area contributed by atoms with Gasteiger partial charge in [-0.2, -0.15) is 0 Å². The van der Waals surface area contributed by atoms with Crippen LogP contribution in [0.5, 0.6) is 5.75 Å². The van der Waals surface area contributed by atoms with Crippen LogP contribution in [-0.2, 0) is 10.0 Å². The maximum atomic E-state index is 12.0. The monoisotopic (exact) mass is 405 g/mol. The maximum absolute atomic E-state index is 12.0. The van der Waals surface area contributed by atoms with Crippen molar-refractivity contribution in [3.8, 4) is 5.75 Å². The highest BCUT2D eigenvalue weighted by molar-refractivity contribution is 7.89. The molecule has 1 N–H and O–H groups in total. The van der Waals surface area contributed by atoms with Crippen LogP contribution >= 0.6 is 12.4 Å². The van der Waals surface area contributed by atoms with Crippen molar-refractivity contribution in [3.63, 3.8) is 0 Å². The lowest BCUT2D eigenvalue weighted by Crippen LogP contribution is -2.37. The fraction of sp³-hybridized carbons (Fsp3) is 0.667. The number of sulfonamides is 1. The molecule has 1 aliphatic rings. The number of likely N-dealkylation sites (tertiary alicyclic amines) is 1. The first-order valence-corrected chi connectivity index (χ1v) is 10.4. The van der Waals surface area contributed by atoms with Gasteiger partial charge < -0.3 is 10.1 Å². The standard InChI is InChI=1S/C18H31N3O3S.ClH/c1-19-11-8-16-9-12-21(13-10-16)14-15-24-17-4-6-18(7-5-17)25(22,23)20(2)3;/h4-7,16,19H,8-15H2,1-3H3;1H. The molecule has 2 rings (SSSR count). The molecule has 1 aromatic carbocycles. The number of hydrogen-bond donors (Lipinski definition) is 1. The van der Waals surface area contributed by atoms with E-state index in [-0.39, 0.29) is 17.3 Å². The van der Waals surface area contributed by atoms with E-state index in [2.05, 4.69) is 10.2 Å². The van der Waals surface area contributed by atoms with Gasteiger partial charge in [0.15, 0.2) is 0 Å². The highest BCUT2D eigenvalue weighted by Gasteiger charge is 2.19. The molecular formula is C18H32ClN3O3S. The molecule has 0 atom stereocenters. The Kier molecular flexibility index (Phi) is 9.89. The molecule has 0 radical (unpaired) electrons. The number of hydrogen-bond acceptors (Lipinski definition) is 5. The number of nitrogens with zero attached hydrogens (tertiary/aromatic N) is 2. The van der Waals surface area contributed by atoms with E-state index in [9.17, 15) is 8.42 Å². The van der Waals surface area contributed by atoms with E-state index < -0.39 is 10.0 Å². The van der Waals surface area contributed by atoms with Crippen LogP contribution in [0.2, 0.25) is 0 Å². The minimum Gasteiger partial charge on any atom is -0.492 e. The summed E-state index contributed by atoms with van der Waals surface area (Å²) < 4.78 is 31.0. The molecule has 26 heavy (non-hydrogen) atoms. The van der Waals surface area contributed by atoms with E-state index in [1.54, 1.807) is 24.3 Å². The predicted octanol–water partition coefficient (Wildman–Crippen LogP) is 2.06. The summed E-state index contributed by atoms with van der Waals surface area (Å²) >= 11 is 0. The molecule has 8 heteroatoms. The molecule has 0 aliphatic carbocycles. The molecule has 1 saturated heterocycles. The Morgan fingerprint density at radius 1 is 1.19 bits per heavy atom. The fourth-order valence-corrected chi connectivity index (χ4v) is 3.96. The van der Waals surface area contributed by atoms with Gasteiger partial charge in [0.2, 0.25) is 10.0 Å². The fourth-order valence-electron chi connectivity index (χ4n) is 3.06. The van der Waals surface area contributed by atoms with Gasteiger partial charge in [-0.05, 0) is 76.1 Å². The van der Waals surface area contributed by atoms with Gasteiger partial charge in [-0.3, -0.25) is 4.90 Å². The maximum Gasteiger partial charge on any atom is 0.242 e. The van der Waals surface area contributed by atoms with Gasteiger partial charge in [0.1, 0.15) is 12.4 Å². The summed E-state index contributed by atoms with van der Waals surface area (Å²) in [4.78, 5) is 2.73. The van der Waals surface area contributed by atoms with Gasteiger partial charge >= 0.3 is 0 Å². The lowest BCUT2D eigenvalue weighted by Gasteiger charge is -2.31. The number of ether oxygens (including phenoxy) is 1. The zero-order chi connectivity index (χ0) is 18.3. The van der Waals surface area contributed by atoms with E-state index in [4.69, 9.17) is 4.74 Å². The molecule has 0 aromatic heterocycles. The Morgan fingerprint density at radius 3 is 2.35 bits per heavy atom. The molecule has 0 amide bonds. The third-order valence-corrected chi connectivity index (χ3v) is 6.62. The zero-order valence-electron chi connectivity index (χ0n) is 16.0. The second kappa shape index (κ2) is 11.1. The van der Waals surface area contributed by atoms with Crippen LogP contribution in [0.25, 0.3) is 0 Å². The smallest absolute Gasteiger partial charge is 0.242 e. The van der Waals surface area contributed by atoms with E-state index in [0.717, 1.165) is 32.1 Å². The molecule has 0 spiro atoms. The van der Waals surface area contributed by atoms with Crippen molar-refractivity contribution in [1.29, 1.82) is 0 Å². The number of rotatable bonds is 9. The molecule has 0 bridgehead atoms. The molecular weight excluding hydrogens is 374 g/mol. The first-order valence-electron chi connectivity index (χ1n) is 8.96. The topological polar surface area (TPSA) is 61.9 Å². The lowest BCUT2D eigenvalue weighted by molar-refractivity contribution is 0.151. The third kappa shape index (κ3) is 6.70. The Labute approximate surface area is 164 Å². The number of halogens is 1. The number of piperidine rings is 1. The summed E-state index contributed by atoms with van der Waals surface area (Å²) in [5.41, 5.74) is 0. The van der Waals surface area contributed by atoms with Gasteiger partial charge in [-0.25, -0.2) is 12.7 Å². The number of benzene rings is 1. The van der Waals surface area contributed by atoms with E-state index in [1.807, 2.05) is 7.05 Å². The van der Waals surface area contributed by atoms with Gasteiger partial charge in [0.05, 0.1) is 4.90 Å². The van der Waals surface area contributed by atoms with Crippen LogP contribution < -0.4 is 10.1 Å². The van der Waals surface area contributed by atoms with Crippen LogP contribution in [0.4, 0.5) is 0 Å². The molecule has 6 nitrogen and oxygen atoms in total. The van der Waals surface area contributed by atoms with Crippen molar-refractivity contribution in [2.24, 2.45) is 5.92 Å². The van der Waals surface area contributed by atoms with Crippen molar-refractivity contribution in [1.82, 2.24) is 14.5 Å². The van der Waals surface area contributed by atoms with Crippen molar-refractivity contribution < 1.29 is 13.2 Å². The number of nitrogens with one attached hydrogen (secondary N) is 1. The SMILES string of the molecule is CNCCC1CCN(CCOc2ccc(S(=O)(=O)N(C)C)cc2)CC1.Cl. The second-order valence-electron chi connectivity index (χ2n) is 6.78. The lowest BCUT2D eigenvalue weighted by atomic mass is 9.93. The molecule has 1 fully saturated rings. The van der Waals surface area contributed by atoms with Crippen molar-refractivity contribution in [2.45, 2.75) is 24.2 Å². The Hall–Kier alpha value is -0.860. The van der Waals surface area contributed by atoms with Crippen LogP contribution in [0, 0.1) is 5.92 Å². The van der Waals surface area contributed by atoms with E-state index >= 15 is 0 Å². The Morgan fingerprint density at radius 2 is 1.81 bits per heavy atom. The molecule has 150 valence electrons. The Balaban J connectivity index is 0.00000338. The van der Waals surface area contributed by atoms with Crippen molar-refractivity contribution >= 4 is 22.4 Å². The summed E-state index contributed by atoms with van der Waals surface area (Å²) in [6.45, 7) is 4.92. The minimum atomic E-state index is -3.38. The first-order chi connectivity index (χ1) is 11.9. The zero-order valence-corrected chi connectivity index (χ0v) is 17.6. The van der Waals surface area contributed by atoms with Crippen molar-refractivity contribution in [3.05, 3.63) is 24.3 Å². The van der Waals surface area contributed by atoms with Crippen LogP contribution in [0.3, 0.4) is 0 Å². The van der Waals surface area contributed by atoms with Crippen molar-refractivity contribution in [2.75, 3.05) is 53.9 Å². The second-order valence-corrected chi connectivity index (χ2v) is 8.94. The van der Waals surface area contributed by atoms with Crippen LogP contribution in [0.15, 0.2) is 29.2 Å². The summed E-state index contributed by atoms with van der Waals surface area (Å²) in [5, 5.41) is 3.22. The highest BCUT2D eigenvalue weighted by Crippen LogP contribution is 2.20. The van der Waals surface area contributed by atoms with Gasteiger partial charge in [-0.15, -0.1) is 12.4 Å². The van der Waals surface area contributed by atoms with E-state index in [0.29, 0.717) is 12.4 Å². The average molecular weight is 406 g/mol. The highest BCUT2D eigenvalue weighted by atomic mass is 35.5. The molecule has 1 aliphatic heterocycles. The summed E-state index contributed by atoms with van der Waals surface area (Å²) in [6, 6.07) is 6.64. The quantitative estimate of drug-likeness (QED) is 0.681. The van der Waals surface area contributed by atoms with Crippen LogP contribution in [0.1, 0.15) is 19.3 Å². The first kappa shape index (κ1) is 23.2.